The SMILES string of the molecule is CC1=C(C)C(=O)C(CN2CCSCC2C(=O)COc2ccccc2)=C(C)C1=O. The number of Topliss-reactive ketones (excluding diaryl/α,β-unsaturated/α-hetero) is 3. The first kappa shape index (κ1) is 20.6. The van der Waals surface area contributed by atoms with Gasteiger partial charge in [-0.15, -0.1) is 0 Å². The highest BCUT2D eigenvalue weighted by Gasteiger charge is 2.34. The molecule has 148 valence electrons. The average Bonchev–Trinajstić information content (AvgIpc) is 2.73. The summed E-state index contributed by atoms with van der Waals surface area (Å²) in [4.78, 5) is 40.0. The van der Waals surface area contributed by atoms with E-state index in [0.717, 1.165) is 5.75 Å². The summed E-state index contributed by atoms with van der Waals surface area (Å²) in [5.41, 5.74) is 2.04. The number of carbonyl (C=O) groups is 3. The van der Waals surface area contributed by atoms with Crippen LogP contribution in [-0.4, -0.2) is 59.5 Å². The van der Waals surface area contributed by atoms with Gasteiger partial charge in [0.25, 0.3) is 0 Å². The molecule has 5 nitrogen and oxygen atoms in total. The Hall–Kier alpha value is -2.18. The van der Waals surface area contributed by atoms with Gasteiger partial charge in [0.15, 0.2) is 17.3 Å². The molecule has 1 atom stereocenters. The highest BCUT2D eigenvalue weighted by atomic mass is 32.2. The second-order valence-electron chi connectivity index (χ2n) is 7.14. The molecule has 0 aromatic heterocycles. The second-order valence-corrected chi connectivity index (χ2v) is 8.29. The molecule has 1 heterocycles. The van der Waals surface area contributed by atoms with Crippen LogP contribution in [0.15, 0.2) is 52.6 Å². The van der Waals surface area contributed by atoms with Crippen LogP contribution in [0.4, 0.5) is 0 Å². The lowest BCUT2D eigenvalue weighted by Gasteiger charge is -2.35. The molecule has 0 radical (unpaired) electrons. The highest BCUT2D eigenvalue weighted by Crippen LogP contribution is 2.27. The summed E-state index contributed by atoms with van der Waals surface area (Å²) in [6.07, 6.45) is 0. The van der Waals surface area contributed by atoms with E-state index in [0.29, 0.717) is 46.9 Å². The van der Waals surface area contributed by atoms with Crippen molar-refractivity contribution in [1.82, 2.24) is 4.90 Å². The fraction of sp³-hybridized carbons (Fsp3) is 0.409. The van der Waals surface area contributed by atoms with E-state index in [2.05, 4.69) is 0 Å². The van der Waals surface area contributed by atoms with Gasteiger partial charge in [-0.2, -0.15) is 11.8 Å². The molecule has 0 amide bonds. The molecule has 0 spiro atoms. The van der Waals surface area contributed by atoms with E-state index in [1.807, 2.05) is 35.2 Å². The molecule has 28 heavy (non-hydrogen) atoms. The third-order valence-corrected chi connectivity index (χ3v) is 6.43. The number of ether oxygens (including phenoxy) is 1. The van der Waals surface area contributed by atoms with E-state index in [1.54, 1.807) is 32.5 Å². The number of hydrogen-bond acceptors (Lipinski definition) is 6. The number of para-hydroxylation sites is 1. The summed E-state index contributed by atoms with van der Waals surface area (Å²) in [5.74, 6) is 2.06. The Morgan fingerprint density at radius 1 is 1.07 bits per heavy atom. The lowest BCUT2D eigenvalue weighted by molar-refractivity contribution is -0.125. The number of rotatable bonds is 6. The molecule has 1 fully saturated rings. The van der Waals surface area contributed by atoms with Crippen molar-refractivity contribution in [3.63, 3.8) is 0 Å². The minimum atomic E-state index is -0.321. The smallest absolute Gasteiger partial charge is 0.188 e. The Balaban J connectivity index is 1.72. The first-order valence-electron chi connectivity index (χ1n) is 9.39. The van der Waals surface area contributed by atoms with Gasteiger partial charge < -0.3 is 4.74 Å². The van der Waals surface area contributed by atoms with Crippen molar-refractivity contribution in [1.29, 1.82) is 0 Å². The Kier molecular flexibility index (Phi) is 6.52. The molecule has 2 aliphatic rings. The zero-order valence-corrected chi connectivity index (χ0v) is 17.3. The molecule has 0 N–H and O–H groups in total. The minimum absolute atomic E-state index is 0.00527. The third kappa shape index (κ3) is 4.28. The molecule has 1 aliphatic heterocycles. The van der Waals surface area contributed by atoms with Crippen molar-refractivity contribution in [3.8, 4) is 5.75 Å². The van der Waals surface area contributed by atoms with E-state index in [1.165, 1.54) is 0 Å². The van der Waals surface area contributed by atoms with Gasteiger partial charge in [0.05, 0.1) is 6.04 Å². The molecule has 0 bridgehead atoms. The van der Waals surface area contributed by atoms with Crippen LogP contribution in [0.3, 0.4) is 0 Å². The van der Waals surface area contributed by atoms with Gasteiger partial charge >= 0.3 is 0 Å². The predicted molar refractivity (Wildman–Crippen MR) is 111 cm³/mol. The van der Waals surface area contributed by atoms with Crippen LogP contribution >= 0.6 is 11.8 Å². The molecule has 1 aliphatic carbocycles. The van der Waals surface area contributed by atoms with E-state index < -0.39 is 0 Å². The van der Waals surface area contributed by atoms with Crippen LogP contribution in [0.1, 0.15) is 20.8 Å². The summed E-state index contributed by atoms with van der Waals surface area (Å²) in [6, 6.07) is 8.93. The Bertz CT molecular complexity index is 857. The number of thioether (sulfide) groups is 1. The van der Waals surface area contributed by atoms with Crippen LogP contribution in [0.2, 0.25) is 0 Å². The lowest BCUT2D eigenvalue weighted by atomic mass is 9.85. The maximum atomic E-state index is 12.8. The predicted octanol–water partition coefficient (Wildman–Crippen LogP) is 2.86. The standard InChI is InChI=1S/C22H25NO4S/c1-14-15(2)22(26)18(16(3)21(14)25)11-23-9-10-28-13-19(23)20(24)12-27-17-7-5-4-6-8-17/h4-8,19H,9-13H2,1-3H3. The molecule has 3 rings (SSSR count). The Labute approximate surface area is 169 Å². The van der Waals surface area contributed by atoms with Crippen molar-refractivity contribution in [2.45, 2.75) is 26.8 Å². The van der Waals surface area contributed by atoms with Crippen molar-refractivity contribution < 1.29 is 19.1 Å². The summed E-state index contributed by atoms with van der Waals surface area (Å²) >= 11 is 1.73. The topological polar surface area (TPSA) is 63.7 Å². The van der Waals surface area contributed by atoms with Gasteiger partial charge in [-0.05, 0) is 32.9 Å². The van der Waals surface area contributed by atoms with Crippen molar-refractivity contribution in [2.75, 3.05) is 31.2 Å². The monoisotopic (exact) mass is 399 g/mol. The van der Waals surface area contributed by atoms with Gasteiger partial charge in [-0.3, -0.25) is 19.3 Å². The highest BCUT2D eigenvalue weighted by molar-refractivity contribution is 7.99. The number of carbonyl (C=O) groups excluding carboxylic acids is 3. The molecule has 1 aromatic carbocycles. The normalized spacial score (nSPS) is 21.3. The van der Waals surface area contributed by atoms with Gasteiger partial charge in [0.1, 0.15) is 12.4 Å². The lowest BCUT2D eigenvalue weighted by Crippen LogP contribution is -2.50. The van der Waals surface area contributed by atoms with Crippen LogP contribution in [0.25, 0.3) is 0 Å². The fourth-order valence-electron chi connectivity index (χ4n) is 3.44. The molecular weight excluding hydrogens is 374 g/mol. The fourth-order valence-corrected chi connectivity index (χ4v) is 4.59. The summed E-state index contributed by atoms with van der Waals surface area (Å²) in [6.45, 7) is 6.12. The van der Waals surface area contributed by atoms with Crippen molar-refractivity contribution in [3.05, 3.63) is 52.6 Å². The summed E-state index contributed by atoms with van der Waals surface area (Å²) in [7, 11) is 0. The largest absolute Gasteiger partial charge is 0.486 e. The quantitative estimate of drug-likeness (QED) is 0.686. The molecule has 1 aromatic rings. The number of benzene rings is 1. The maximum absolute atomic E-state index is 12.8. The van der Waals surface area contributed by atoms with Crippen LogP contribution in [0.5, 0.6) is 5.75 Å². The average molecular weight is 400 g/mol. The Morgan fingerprint density at radius 2 is 1.75 bits per heavy atom. The number of nitrogens with zero attached hydrogens (tertiary/aromatic N) is 1. The van der Waals surface area contributed by atoms with Crippen LogP contribution in [0, 0.1) is 0 Å². The van der Waals surface area contributed by atoms with Crippen molar-refractivity contribution in [2.24, 2.45) is 0 Å². The van der Waals surface area contributed by atoms with E-state index in [-0.39, 0.29) is 30.0 Å². The van der Waals surface area contributed by atoms with Gasteiger partial charge in [0, 0.05) is 46.9 Å². The zero-order valence-electron chi connectivity index (χ0n) is 16.5. The number of ketones is 3. The van der Waals surface area contributed by atoms with Gasteiger partial charge in [-0.1, -0.05) is 18.2 Å². The molecule has 1 saturated heterocycles. The summed E-state index contributed by atoms with van der Waals surface area (Å²) < 4.78 is 5.62. The van der Waals surface area contributed by atoms with Gasteiger partial charge in [0.2, 0.25) is 0 Å². The van der Waals surface area contributed by atoms with E-state index >= 15 is 0 Å². The molecule has 1 unspecified atom stereocenters. The molecule has 6 heteroatoms. The molecular formula is C22H25NO4S. The minimum Gasteiger partial charge on any atom is -0.486 e. The number of hydrogen-bond donors (Lipinski definition) is 0. The Morgan fingerprint density at radius 3 is 2.46 bits per heavy atom. The maximum Gasteiger partial charge on any atom is 0.188 e. The van der Waals surface area contributed by atoms with Gasteiger partial charge in [-0.25, -0.2) is 0 Å². The third-order valence-electron chi connectivity index (χ3n) is 5.41. The molecule has 0 saturated carbocycles. The second kappa shape index (κ2) is 8.88. The number of allylic oxidation sites excluding steroid dienone is 3. The summed E-state index contributed by atoms with van der Waals surface area (Å²) in [5, 5.41) is 0. The van der Waals surface area contributed by atoms with Crippen LogP contribution in [-0.2, 0) is 14.4 Å². The van der Waals surface area contributed by atoms with E-state index in [9.17, 15) is 14.4 Å². The first-order chi connectivity index (χ1) is 13.4. The van der Waals surface area contributed by atoms with Crippen molar-refractivity contribution >= 4 is 29.1 Å². The zero-order chi connectivity index (χ0) is 20.3. The van der Waals surface area contributed by atoms with Crippen LogP contribution < -0.4 is 4.74 Å². The first-order valence-corrected chi connectivity index (χ1v) is 10.5. The van der Waals surface area contributed by atoms with E-state index in [4.69, 9.17) is 4.74 Å².